The van der Waals surface area contributed by atoms with Gasteiger partial charge in [-0.05, 0) is 30.7 Å². The van der Waals surface area contributed by atoms with Crippen LogP contribution in [0, 0.1) is 0 Å². The summed E-state index contributed by atoms with van der Waals surface area (Å²) >= 11 is 5.82. The quantitative estimate of drug-likeness (QED) is 0.928. The molecule has 0 spiro atoms. The van der Waals surface area contributed by atoms with E-state index in [1.54, 1.807) is 24.5 Å². The number of benzene rings is 1. The van der Waals surface area contributed by atoms with Gasteiger partial charge in [0.05, 0.1) is 18.1 Å². The van der Waals surface area contributed by atoms with E-state index in [1.807, 2.05) is 19.1 Å². The summed E-state index contributed by atoms with van der Waals surface area (Å²) in [7, 11) is 0. The van der Waals surface area contributed by atoms with Crippen LogP contribution in [0.5, 0.6) is 0 Å². The molecule has 2 rings (SSSR count). The first-order chi connectivity index (χ1) is 9.19. The highest BCUT2D eigenvalue weighted by atomic mass is 35.5. The van der Waals surface area contributed by atoms with E-state index in [2.05, 4.69) is 15.3 Å². The number of nitrogens with zero attached hydrogens (tertiary/aromatic N) is 2. The van der Waals surface area contributed by atoms with Crippen molar-refractivity contribution >= 4 is 23.2 Å². The Labute approximate surface area is 116 Å². The van der Waals surface area contributed by atoms with E-state index in [9.17, 15) is 4.79 Å². The average molecular weight is 276 g/mol. The number of carbonyl (C=O) groups is 1. The number of hydrogen-bond acceptors (Lipinski definition) is 3. The summed E-state index contributed by atoms with van der Waals surface area (Å²) in [6.45, 7) is 1.96. The minimum absolute atomic E-state index is 0.0228. The number of amides is 1. The van der Waals surface area contributed by atoms with Gasteiger partial charge in [0.25, 0.3) is 0 Å². The largest absolute Gasteiger partial charge is 0.323 e. The summed E-state index contributed by atoms with van der Waals surface area (Å²) in [5, 5.41) is 3.42. The number of halogens is 1. The van der Waals surface area contributed by atoms with Crippen molar-refractivity contribution in [2.45, 2.75) is 19.8 Å². The van der Waals surface area contributed by atoms with Crippen LogP contribution >= 0.6 is 11.6 Å². The van der Waals surface area contributed by atoms with Crippen LogP contribution in [0.2, 0.25) is 5.02 Å². The van der Waals surface area contributed by atoms with Crippen LogP contribution in [-0.2, 0) is 4.79 Å². The highest BCUT2D eigenvalue weighted by Gasteiger charge is 2.04. The van der Waals surface area contributed by atoms with Crippen molar-refractivity contribution in [1.29, 1.82) is 0 Å². The van der Waals surface area contributed by atoms with Crippen LogP contribution in [0.3, 0.4) is 0 Å². The topological polar surface area (TPSA) is 54.9 Å². The Kier molecular flexibility index (Phi) is 4.47. The first kappa shape index (κ1) is 13.5. The lowest BCUT2D eigenvalue weighted by atomic mass is 10.2. The molecule has 1 heterocycles. The van der Waals surface area contributed by atoms with E-state index >= 15 is 0 Å². The van der Waals surface area contributed by atoms with Crippen molar-refractivity contribution < 1.29 is 4.79 Å². The lowest BCUT2D eigenvalue weighted by molar-refractivity contribution is -0.116. The third-order valence-electron chi connectivity index (χ3n) is 2.52. The molecule has 0 fully saturated rings. The molecular weight excluding hydrogens is 262 g/mol. The molecule has 1 aromatic carbocycles. The molecule has 0 radical (unpaired) electrons. The first-order valence-corrected chi connectivity index (χ1v) is 6.44. The van der Waals surface area contributed by atoms with E-state index in [0.717, 1.165) is 12.0 Å². The summed E-state index contributed by atoms with van der Waals surface area (Å²) < 4.78 is 0. The zero-order chi connectivity index (χ0) is 13.7. The second kappa shape index (κ2) is 6.29. The van der Waals surface area contributed by atoms with Crippen molar-refractivity contribution in [3.8, 4) is 11.4 Å². The minimum Gasteiger partial charge on any atom is -0.323 e. The molecule has 2 aromatic rings. The molecule has 0 saturated heterocycles. The molecule has 4 nitrogen and oxygen atoms in total. The van der Waals surface area contributed by atoms with Crippen LogP contribution in [0.15, 0.2) is 36.7 Å². The average Bonchev–Trinajstić information content (AvgIpc) is 2.41. The number of rotatable bonds is 4. The van der Waals surface area contributed by atoms with Crippen molar-refractivity contribution in [2.75, 3.05) is 5.32 Å². The zero-order valence-electron chi connectivity index (χ0n) is 10.6. The zero-order valence-corrected chi connectivity index (χ0v) is 11.3. The Morgan fingerprint density at radius 3 is 2.42 bits per heavy atom. The predicted octanol–water partition coefficient (Wildman–Crippen LogP) is 3.54. The number of carbonyl (C=O) groups excluding carboxylic acids is 1. The number of aromatic nitrogens is 2. The van der Waals surface area contributed by atoms with Gasteiger partial charge in [0.2, 0.25) is 5.91 Å². The molecule has 0 bridgehead atoms. The molecular formula is C14H14ClN3O. The lowest BCUT2D eigenvalue weighted by Gasteiger charge is -2.04. The van der Waals surface area contributed by atoms with Gasteiger partial charge in [-0.15, -0.1) is 0 Å². The molecule has 1 amide bonds. The van der Waals surface area contributed by atoms with E-state index in [0.29, 0.717) is 23.0 Å². The molecule has 19 heavy (non-hydrogen) atoms. The first-order valence-electron chi connectivity index (χ1n) is 6.07. The van der Waals surface area contributed by atoms with Crippen LogP contribution in [0.25, 0.3) is 11.4 Å². The van der Waals surface area contributed by atoms with E-state index in [1.165, 1.54) is 0 Å². The Balaban J connectivity index is 2.10. The van der Waals surface area contributed by atoms with Gasteiger partial charge in [0.1, 0.15) is 0 Å². The fraction of sp³-hybridized carbons (Fsp3) is 0.214. The number of anilines is 1. The smallest absolute Gasteiger partial charge is 0.224 e. The van der Waals surface area contributed by atoms with Gasteiger partial charge in [-0.3, -0.25) is 4.79 Å². The molecule has 1 N–H and O–H groups in total. The summed E-state index contributed by atoms with van der Waals surface area (Å²) in [6, 6.07) is 7.29. The molecule has 0 aliphatic carbocycles. The van der Waals surface area contributed by atoms with Gasteiger partial charge < -0.3 is 5.32 Å². The monoisotopic (exact) mass is 275 g/mol. The van der Waals surface area contributed by atoms with Crippen LogP contribution in [-0.4, -0.2) is 15.9 Å². The third-order valence-corrected chi connectivity index (χ3v) is 2.77. The van der Waals surface area contributed by atoms with Gasteiger partial charge >= 0.3 is 0 Å². The highest BCUT2D eigenvalue weighted by Crippen LogP contribution is 2.18. The molecule has 0 atom stereocenters. The van der Waals surface area contributed by atoms with Gasteiger partial charge in [-0.25, -0.2) is 9.97 Å². The fourth-order valence-corrected chi connectivity index (χ4v) is 1.72. The maximum atomic E-state index is 11.4. The van der Waals surface area contributed by atoms with Gasteiger partial charge in [-0.1, -0.05) is 18.5 Å². The fourth-order valence-electron chi connectivity index (χ4n) is 1.59. The van der Waals surface area contributed by atoms with E-state index < -0.39 is 0 Å². The molecule has 0 aliphatic heterocycles. The Hall–Kier alpha value is -1.94. The molecule has 1 aromatic heterocycles. The Morgan fingerprint density at radius 2 is 1.84 bits per heavy atom. The molecule has 98 valence electrons. The standard InChI is InChI=1S/C14H14ClN3O/c1-2-3-13(19)18-12-8-16-14(17-9-12)10-4-6-11(15)7-5-10/h4-9H,2-3H2,1H3,(H,18,19). The second-order valence-electron chi connectivity index (χ2n) is 4.10. The van der Waals surface area contributed by atoms with E-state index in [4.69, 9.17) is 11.6 Å². The maximum Gasteiger partial charge on any atom is 0.224 e. The predicted molar refractivity (Wildman–Crippen MR) is 76.0 cm³/mol. The molecule has 0 aliphatic rings. The SMILES string of the molecule is CCCC(=O)Nc1cnc(-c2ccc(Cl)cc2)nc1. The molecule has 0 saturated carbocycles. The van der Waals surface area contributed by atoms with Gasteiger partial charge in [0, 0.05) is 17.0 Å². The third kappa shape index (κ3) is 3.76. The lowest BCUT2D eigenvalue weighted by Crippen LogP contribution is -2.11. The Bertz CT molecular complexity index is 552. The number of hydrogen-bond donors (Lipinski definition) is 1. The molecule has 0 unspecified atom stereocenters. The minimum atomic E-state index is -0.0228. The van der Waals surface area contributed by atoms with Crippen molar-refractivity contribution in [3.05, 3.63) is 41.7 Å². The summed E-state index contributed by atoms with van der Waals surface area (Å²) in [5.41, 5.74) is 1.49. The van der Waals surface area contributed by atoms with Crippen LogP contribution < -0.4 is 5.32 Å². The van der Waals surface area contributed by atoms with Crippen molar-refractivity contribution in [3.63, 3.8) is 0 Å². The van der Waals surface area contributed by atoms with E-state index in [-0.39, 0.29) is 5.91 Å². The van der Waals surface area contributed by atoms with Gasteiger partial charge in [-0.2, -0.15) is 0 Å². The normalized spacial score (nSPS) is 10.2. The van der Waals surface area contributed by atoms with Crippen LogP contribution in [0.4, 0.5) is 5.69 Å². The van der Waals surface area contributed by atoms with Crippen molar-refractivity contribution in [2.24, 2.45) is 0 Å². The van der Waals surface area contributed by atoms with Crippen molar-refractivity contribution in [1.82, 2.24) is 9.97 Å². The van der Waals surface area contributed by atoms with Crippen LogP contribution in [0.1, 0.15) is 19.8 Å². The van der Waals surface area contributed by atoms with Gasteiger partial charge in [0.15, 0.2) is 5.82 Å². The molecule has 5 heteroatoms. The summed E-state index contributed by atoms with van der Waals surface area (Å²) in [6.07, 6.45) is 4.52. The Morgan fingerprint density at radius 1 is 1.21 bits per heavy atom. The summed E-state index contributed by atoms with van der Waals surface area (Å²) in [5.74, 6) is 0.579. The number of nitrogens with one attached hydrogen (secondary N) is 1. The maximum absolute atomic E-state index is 11.4. The summed E-state index contributed by atoms with van der Waals surface area (Å²) in [4.78, 5) is 19.9. The second-order valence-corrected chi connectivity index (χ2v) is 4.54. The highest BCUT2D eigenvalue weighted by molar-refractivity contribution is 6.30.